The summed E-state index contributed by atoms with van der Waals surface area (Å²) in [6.07, 6.45) is 6.33. The van der Waals surface area contributed by atoms with Gasteiger partial charge in [-0.1, -0.05) is 18.2 Å². The topological polar surface area (TPSA) is 69.7 Å². The second-order valence-electron chi connectivity index (χ2n) is 7.64. The maximum Gasteiger partial charge on any atom is 0.222 e. The third-order valence-electron chi connectivity index (χ3n) is 5.86. The largest absolute Gasteiger partial charge is 0.497 e. The minimum atomic E-state index is 0.242. The first kappa shape index (κ1) is 19.8. The zero-order valence-electron chi connectivity index (χ0n) is 16.9. The fraction of sp³-hybridized carbons (Fsp3) is 0.455. The molecule has 2 unspecified atom stereocenters. The van der Waals surface area contributed by atoms with Gasteiger partial charge in [-0.25, -0.2) is 10.9 Å². The van der Waals surface area contributed by atoms with Gasteiger partial charge in [-0.2, -0.15) is 0 Å². The number of carbonyl (C=O) groups excluding carboxylic acids is 1. The zero-order chi connectivity index (χ0) is 20.1. The summed E-state index contributed by atoms with van der Waals surface area (Å²) in [7, 11) is 1.66. The number of methoxy groups -OCH3 is 1. The van der Waals surface area contributed by atoms with Crippen molar-refractivity contribution in [3.05, 3.63) is 59.9 Å². The molecule has 2 atom stereocenters. The van der Waals surface area contributed by atoms with Gasteiger partial charge in [0.25, 0.3) is 0 Å². The molecule has 2 aliphatic rings. The second kappa shape index (κ2) is 9.35. The fourth-order valence-corrected chi connectivity index (χ4v) is 4.06. The first-order valence-electron chi connectivity index (χ1n) is 10.3. The number of hydrogen-bond acceptors (Lipinski definition) is 6. The van der Waals surface area contributed by atoms with E-state index in [1.54, 1.807) is 13.3 Å². The average molecular weight is 396 g/mol. The molecule has 0 aliphatic carbocycles. The van der Waals surface area contributed by atoms with E-state index in [0.717, 1.165) is 44.8 Å². The van der Waals surface area contributed by atoms with Crippen LogP contribution in [0.15, 0.2) is 48.8 Å². The van der Waals surface area contributed by atoms with Crippen LogP contribution in [0.3, 0.4) is 0 Å². The Hall–Kier alpha value is -2.48. The predicted octanol–water partition coefficient (Wildman–Crippen LogP) is 1.73. The van der Waals surface area contributed by atoms with Crippen LogP contribution in [-0.2, 0) is 11.2 Å². The van der Waals surface area contributed by atoms with Gasteiger partial charge in [0.2, 0.25) is 5.91 Å². The minimum Gasteiger partial charge on any atom is -0.497 e. The molecular formula is C22H29N5O2. The Morgan fingerprint density at radius 2 is 1.93 bits per heavy atom. The summed E-state index contributed by atoms with van der Waals surface area (Å²) in [5.41, 5.74) is 9.16. The fourth-order valence-electron chi connectivity index (χ4n) is 4.06. The Morgan fingerprint density at radius 3 is 2.62 bits per heavy atom. The monoisotopic (exact) mass is 395 g/mol. The number of carbonyl (C=O) groups is 1. The molecular weight excluding hydrogens is 366 g/mol. The van der Waals surface area contributed by atoms with E-state index >= 15 is 0 Å². The molecule has 2 aromatic rings. The van der Waals surface area contributed by atoms with E-state index in [2.05, 4.69) is 26.8 Å². The molecule has 154 valence electrons. The van der Waals surface area contributed by atoms with Gasteiger partial charge in [0, 0.05) is 45.0 Å². The number of aryl methyl sites for hydroxylation is 1. The van der Waals surface area contributed by atoms with Crippen LogP contribution in [0.25, 0.3) is 0 Å². The average Bonchev–Trinajstić information content (AvgIpc) is 3.29. The summed E-state index contributed by atoms with van der Waals surface area (Å²) in [6.45, 7) is 3.37. The van der Waals surface area contributed by atoms with E-state index in [9.17, 15) is 4.79 Å². The Bertz CT molecular complexity index is 791. The molecule has 7 nitrogen and oxygen atoms in total. The van der Waals surface area contributed by atoms with E-state index in [-0.39, 0.29) is 18.1 Å². The molecule has 2 fully saturated rings. The summed E-state index contributed by atoms with van der Waals surface area (Å²) in [5, 5.41) is 0. The number of ether oxygens (including phenoxy) is 1. The quantitative estimate of drug-likeness (QED) is 0.776. The number of benzene rings is 1. The van der Waals surface area contributed by atoms with Gasteiger partial charge in [0.1, 0.15) is 5.75 Å². The molecule has 2 saturated heterocycles. The maximum atomic E-state index is 12.6. The second-order valence-corrected chi connectivity index (χ2v) is 7.64. The summed E-state index contributed by atoms with van der Waals surface area (Å²) in [5.74, 6) is 1.09. The molecule has 29 heavy (non-hydrogen) atoms. The molecule has 1 aromatic carbocycles. The lowest BCUT2D eigenvalue weighted by atomic mass is 10.1. The van der Waals surface area contributed by atoms with E-state index in [1.807, 2.05) is 41.4 Å². The van der Waals surface area contributed by atoms with Gasteiger partial charge in [-0.05, 0) is 42.2 Å². The molecule has 7 heteroatoms. The molecule has 0 spiro atoms. The number of aromatic nitrogens is 1. The molecule has 0 saturated carbocycles. The smallest absolute Gasteiger partial charge is 0.222 e. The van der Waals surface area contributed by atoms with Gasteiger partial charge in [0.05, 0.1) is 19.3 Å². The van der Waals surface area contributed by atoms with Crippen molar-refractivity contribution in [1.29, 1.82) is 0 Å². The molecule has 1 aromatic heterocycles. The molecule has 3 heterocycles. The summed E-state index contributed by atoms with van der Waals surface area (Å²) >= 11 is 0. The van der Waals surface area contributed by atoms with E-state index in [0.29, 0.717) is 6.42 Å². The van der Waals surface area contributed by atoms with Crippen molar-refractivity contribution >= 4 is 5.91 Å². The molecule has 0 bridgehead atoms. The van der Waals surface area contributed by atoms with Crippen molar-refractivity contribution in [2.75, 3.05) is 33.3 Å². The standard InChI is InChI=1S/C22H29N5O2/c1-29-19-7-4-17(5-8-19)6-9-22(28)27-13-11-26(12-14-27)21-15-20(24-25-21)18-3-2-10-23-16-18/h2-5,7-8,10,16,20-21,24-25H,6,9,11-15H2,1H3. The van der Waals surface area contributed by atoms with Crippen LogP contribution in [0.4, 0.5) is 0 Å². The Labute approximate surface area is 172 Å². The number of hydrogen-bond donors (Lipinski definition) is 2. The van der Waals surface area contributed by atoms with Gasteiger partial charge in [-0.3, -0.25) is 14.7 Å². The van der Waals surface area contributed by atoms with Crippen LogP contribution in [-0.4, -0.2) is 60.1 Å². The molecule has 4 rings (SSSR count). The Morgan fingerprint density at radius 1 is 1.14 bits per heavy atom. The van der Waals surface area contributed by atoms with Crippen molar-refractivity contribution in [3.63, 3.8) is 0 Å². The van der Waals surface area contributed by atoms with Gasteiger partial charge in [-0.15, -0.1) is 0 Å². The van der Waals surface area contributed by atoms with Gasteiger partial charge >= 0.3 is 0 Å². The van der Waals surface area contributed by atoms with Crippen LogP contribution in [0.1, 0.15) is 30.0 Å². The van der Waals surface area contributed by atoms with Crippen LogP contribution in [0.2, 0.25) is 0 Å². The first-order chi connectivity index (χ1) is 14.2. The highest BCUT2D eigenvalue weighted by Crippen LogP contribution is 2.24. The number of amides is 1. The van der Waals surface area contributed by atoms with Crippen LogP contribution >= 0.6 is 0 Å². The first-order valence-corrected chi connectivity index (χ1v) is 10.3. The Balaban J connectivity index is 1.21. The predicted molar refractivity (Wildman–Crippen MR) is 111 cm³/mol. The summed E-state index contributed by atoms with van der Waals surface area (Å²) in [4.78, 5) is 21.2. The van der Waals surface area contributed by atoms with E-state index < -0.39 is 0 Å². The summed E-state index contributed by atoms with van der Waals surface area (Å²) < 4.78 is 5.18. The highest BCUT2D eigenvalue weighted by atomic mass is 16.5. The van der Waals surface area contributed by atoms with Crippen LogP contribution < -0.4 is 15.6 Å². The molecule has 2 N–H and O–H groups in total. The van der Waals surface area contributed by atoms with Crippen molar-refractivity contribution in [3.8, 4) is 5.75 Å². The zero-order valence-corrected chi connectivity index (χ0v) is 16.9. The highest BCUT2D eigenvalue weighted by molar-refractivity contribution is 5.76. The lowest BCUT2D eigenvalue weighted by Gasteiger charge is -2.37. The number of hydrazine groups is 1. The third-order valence-corrected chi connectivity index (χ3v) is 5.86. The molecule has 0 radical (unpaired) electrons. The number of rotatable bonds is 6. The van der Waals surface area contributed by atoms with Crippen molar-refractivity contribution in [2.45, 2.75) is 31.5 Å². The van der Waals surface area contributed by atoms with Gasteiger partial charge < -0.3 is 9.64 Å². The van der Waals surface area contributed by atoms with E-state index in [1.165, 1.54) is 11.1 Å². The third kappa shape index (κ3) is 4.93. The SMILES string of the molecule is COc1ccc(CCC(=O)N2CCN(C3CC(c4cccnc4)NN3)CC2)cc1. The van der Waals surface area contributed by atoms with Crippen LogP contribution in [0.5, 0.6) is 5.75 Å². The van der Waals surface area contributed by atoms with Gasteiger partial charge in [0.15, 0.2) is 0 Å². The lowest BCUT2D eigenvalue weighted by Crippen LogP contribution is -2.55. The summed E-state index contributed by atoms with van der Waals surface area (Å²) in [6, 6.07) is 12.3. The maximum absolute atomic E-state index is 12.6. The minimum absolute atomic E-state index is 0.242. The highest BCUT2D eigenvalue weighted by Gasteiger charge is 2.32. The molecule has 2 aliphatic heterocycles. The van der Waals surface area contributed by atoms with Crippen molar-refractivity contribution in [1.82, 2.24) is 25.6 Å². The number of pyridine rings is 1. The van der Waals surface area contributed by atoms with Crippen molar-refractivity contribution in [2.24, 2.45) is 0 Å². The molecule has 1 amide bonds. The van der Waals surface area contributed by atoms with Crippen LogP contribution in [0, 0.1) is 0 Å². The number of nitrogens with zero attached hydrogens (tertiary/aromatic N) is 3. The lowest BCUT2D eigenvalue weighted by molar-refractivity contribution is -0.133. The normalized spacial score (nSPS) is 22.6. The van der Waals surface area contributed by atoms with Crippen molar-refractivity contribution < 1.29 is 9.53 Å². The Kier molecular flexibility index (Phi) is 6.39. The van der Waals surface area contributed by atoms with E-state index in [4.69, 9.17) is 4.74 Å². The number of piperazine rings is 1. The number of nitrogens with one attached hydrogen (secondary N) is 2.